The molecular formula is C50H54O6. The van der Waals surface area contributed by atoms with Gasteiger partial charge in [-0.25, -0.2) is 9.59 Å². The lowest BCUT2D eigenvalue weighted by atomic mass is 9.79. The van der Waals surface area contributed by atoms with Gasteiger partial charge >= 0.3 is 11.9 Å². The molecule has 6 nitrogen and oxygen atoms in total. The van der Waals surface area contributed by atoms with Crippen LogP contribution in [0.1, 0.15) is 77.9 Å². The molecule has 0 radical (unpaired) electrons. The summed E-state index contributed by atoms with van der Waals surface area (Å²) in [6, 6.07) is 16.6. The van der Waals surface area contributed by atoms with E-state index in [2.05, 4.69) is 141 Å². The van der Waals surface area contributed by atoms with Crippen LogP contribution in [-0.4, -0.2) is 51.6 Å². The molecule has 4 aromatic carbocycles. The van der Waals surface area contributed by atoms with E-state index < -0.39 is 11.9 Å². The maximum Gasteiger partial charge on any atom is 0.330 e. The molecule has 0 aliphatic carbocycles. The quantitative estimate of drug-likeness (QED) is 0.0523. The van der Waals surface area contributed by atoms with Crippen LogP contribution in [0.4, 0.5) is 0 Å². The molecule has 4 rings (SSSR count). The second kappa shape index (κ2) is 20.9. The highest BCUT2D eigenvalue weighted by atomic mass is 16.6. The fourth-order valence-electron chi connectivity index (χ4n) is 6.63. The molecule has 0 aromatic heterocycles. The monoisotopic (exact) mass is 750 g/mol. The van der Waals surface area contributed by atoms with Crippen molar-refractivity contribution in [3.63, 3.8) is 0 Å². The highest BCUT2D eigenvalue weighted by Gasteiger charge is 2.21. The van der Waals surface area contributed by atoms with E-state index in [4.69, 9.17) is 18.9 Å². The lowest BCUT2D eigenvalue weighted by molar-refractivity contribution is -0.140. The number of rotatable bonds is 15. The summed E-state index contributed by atoms with van der Waals surface area (Å²) in [5.41, 5.74) is 18.8. The summed E-state index contributed by atoms with van der Waals surface area (Å²) in [4.78, 5) is 22.3. The van der Waals surface area contributed by atoms with Gasteiger partial charge in [-0.2, -0.15) is 0 Å². The molecule has 0 aliphatic heterocycles. The molecule has 0 N–H and O–H groups in total. The first kappa shape index (κ1) is 43.1. The van der Waals surface area contributed by atoms with Crippen molar-refractivity contribution in [1.82, 2.24) is 0 Å². The minimum atomic E-state index is -0.441. The van der Waals surface area contributed by atoms with Crippen molar-refractivity contribution < 1.29 is 28.5 Å². The zero-order valence-corrected chi connectivity index (χ0v) is 34.3. The van der Waals surface area contributed by atoms with Crippen molar-refractivity contribution >= 4 is 11.9 Å². The Labute approximate surface area is 333 Å². The largest absolute Gasteiger partial charge is 0.460 e. The predicted octanol–water partition coefficient (Wildman–Crippen LogP) is 9.20. The van der Waals surface area contributed by atoms with Crippen molar-refractivity contribution in [3.05, 3.63) is 152 Å². The minimum absolute atomic E-state index is 0.218. The molecule has 0 saturated heterocycles. The highest BCUT2D eigenvalue weighted by Crippen LogP contribution is 2.40. The summed E-state index contributed by atoms with van der Waals surface area (Å²) in [6.45, 7) is 26.6. The van der Waals surface area contributed by atoms with Crippen LogP contribution in [0.5, 0.6) is 0 Å². The fraction of sp³-hybridized carbons (Fsp3) is 0.320. The Morgan fingerprint density at radius 3 is 1.09 bits per heavy atom. The summed E-state index contributed by atoms with van der Waals surface area (Å²) in [5.74, 6) is 13.0. The number of hydrogen-bond acceptors (Lipinski definition) is 6. The Morgan fingerprint density at radius 2 is 0.786 bits per heavy atom. The van der Waals surface area contributed by atoms with Crippen molar-refractivity contribution in [2.24, 2.45) is 0 Å². The van der Waals surface area contributed by atoms with Gasteiger partial charge in [-0.3, -0.25) is 0 Å². The molecular weight excluding hydrogens is 697 g/mol. The summed E-state index contributed by atoms with van der Waals surface area (Å²) >= 11 is 0. The van der Waals surface area contributed by atoms with Gasteiger partial charge in [0.1, 0.15) is 13.2 Å². The van der Waals surface area contributed by atoms with E-state index in [-0.39, 0.29) is 13.2 Å². The highest BCUT2D eigenvalue weighted by molar-refractivity contribution is 5.83. The van der Waals surface area contributed by atoms with Crippen LogP contribution in [0.3, 0.4) is 0 Å². The molecule has 290 valence electrons. The Hall–Kier alpha value is -5.66. The number of esters is 2. The third-order valence-electron chi connectivity index (χ3n) is 10.4. The second-order valence-corrected chi connectivity index (χ2v) is 13.9. The van der Waals surface area contributed by atoms with Crippen molar-refractivity contribution in [2.45, 2.75) is 68.2 Å². The minimum Gasteiger partial charge on any atom is -0.460 e. The molecule has 56 heavy (non-hydrogen) atoms. The summed E-state index contributed by atoms with van der Waals surface area (Å²) < 4.78 is 21.0. The van der Waals surface area contributed by atoms with Gasteiger partial charge in [0.25, 0.3) is 0 Å². The molecule has 4 aromatic rings. The fourth-order valence-corrected chi connectivity index (χ4v) is 6.63. The van der Waals surface area contributed by atoms with Crippen LogP contribution in [-0.2, 0) is 41.4 Å². The third-order valence-corrected chi connectivity index (χ3v) is 10.4. The van der Waals surface area contributed by atoms with Gasteiger partial charge in [0, 0.05) is 34.4 Å². The van der Waals surface area contributed by atoms with Gasteiger partial charge in [-0.15, -0.1) is 0 Å². The van der Waals surface area contributed by atoms with Crippen LogP contribution in [0.15, 0.2) is 73.8 Å². The van der Waals surface area contributed by atoms with Gasteiger partial charge in [0.2, 0.25) is 0 Å². The molecule has 0 heterocycles. The smallest absolute Gasteiger partial charge is 0.330 e. The van der Waals surface area contributed by atoms with E-state index in [0.29, 0.717) is 26.4 Å². The lowest BCUT2D eigenvalue weighted by Gasteiger charge is -2.24. The molecule has 0 spiro atoms. The van der Waals surface area contributed by atoms with Crippen molar-refractivity contribution in [3.8, 4) is 34.8 Å². The Morgan fingerprint density at radius 1 is 0.464 bits per heavy atom. The molecule has 6 heteroatoms. The lowest BCUT2D eigenvalue weighted by Crippen LogP contribution is -2.09. The maximum atomic E-state index is 11.1. The van der Waals surface area contributed by atoms with E-state index in [1.807, 2.05) is 0 Å². The number of hydrogen-bond donors (Lipinski definition) is 0. The van der Waals surface area contributed by atoms with Crippen molar-refractivity contribution in [1.29, 1.82) is 0 Å². The first-order valence-electron chi connectivity index (χ1n) is 19.0. The number of ether oxygens (including phenoxy) is 4. The van der Waals surface area contributed by atoms with E-state index >= 15 is 0 Å². The summed E-state index contributed by atoms with van der Waals surface area (Å²) in [5, 5.41) is 0. The van der Waals surface area contributed by atoms with Crippen LogP contribution >= 0.6 is 0 Å². The molecule has 0 aliphatic rings. The average molecular weight is 751 g/mol. The zero-order chi connectivity index (χ0) is 40.8. The first-order chi connectivity index (χ1) is 26.9. The number of carbonyl (C=O) groups is 2. The van der Waals surface area contributed by atoms with Crippen molar-refractivity contribution in [2.75, 3.05) is 39.6 Å². The average Bonchev–Trinajstić information content (AvgIpc) is 3.20. The molecule has 0 unspecified atom stereocenters. The number of carbonyl (C=O) groups excluding carboxylic acids is 2. The van der Waals surface area contributed by atoms with E-state index in [1.54, 1.807) is 0 Å². The number of benzene rings is 4. The predicted molar refractivity (Wildman–Crippen MR) is 226 cm³/mol. The maximum absolute atomic E-state index is 11.1. The van der Waals surface area contributed by atoms with Crippen LogP contribution < -0.4 is 0 Å². The Balaban J connectivity index is 1.48. The Bertz CT molecular complexity index is 1980. The van der Waals surface area contributed by atoms with Crippen LogP contribution in [0, 0.1) is 79.1 Å². The summed E-state index contributed by atoms with van der Waals surface area (Å²) in [7, 11) is 0. The topological polar surface area (TPSA) is 71.1 Å². The molecule has 0 bridgehead atoms. The van der Waals surface area contributed by atoms with Gasteiger partial charge in [0.05, 0.1) is 26.4 Å². The van der Waals surface area contributed by atoms with Gasteiger partial charge < -0.3 is 18.9 Å². The van der Waals surface area contributed by atoms with Gasteiger partial charge in [-0.1, -0.05) is 61.1 Å². The zero-order valence-electron chi connectivity index (χ0n) is 34.3. The van der Waals surface area contributed by atoms with Crippen LogP contribution in [0.2, 0.25) is 0 Å². The van der Waals surface area contributed by atoms with Crippen LogP contribution in [0.25, 0.3) is 11.1 Å². The molecule has 0 amide bonds. The van der Waals surface area contributed by atoms with Gasteiger partial charge in [0.15, 0.2) is 0 Å². The van der Waals surface area contributed by atoms with E-state index in [0.717, 1.165) is 58.4 Å². The standard InChI is InChI=1S/C50H54O6/c1-11-47(51)55-31-29-53-27-25-43-17-13-41(14-18-43)21-23-45-33(3)37(7)49(38(8)34(45)4)50-39(9)35(5)46(36(6)40(50)10)24-22-42-15-19-44(20-16-42)26-28-54-30-32-56-48(52)12-2/h11-20H,1-2,25-32H2,3-10H3. The van der Waals surface area contributed by atoms with E-state index in [9.17, 15) is 9.59 Å². The first-order valence-corrected chi connectivity index (χ1v) is 19.0. The SMILES string of the molecule is C=CC(=O)OCCOCCc1ccc(C#Cc2c(C)c(C)c(-c3c(C)c(C)c(C#Cc4ccc(CCOCCOC(=O)C=C)cc4)c(C)c3C)c(C)c2C)cc1. The van der Waals surface area contributed by atoms with Gasteiger partial charge in [-0.05, 0) is 159 Å². The second-order valence-electron chi connectivity index (χ2n) is 13.9. The molecule has 0 saturated carbocycles. The van der Waals surface area contributed by atoms with E-state index in [1.165, 1.54) is 55.6 Å². The third kappa shape index (κ3) is 11.2. The normalized spacial score (nSPS) is 10.5. The summed E-state index contributed by atoms with van der Waals surface area (Å²) in [6.07, 6.45) is 3.82. The molecule has 0 atom stereocenters. The Kier molecular flexibility index (Phi) is 16.0. The molecule has 0 fully saturated rings.